The summed E-state index contributed by atoms with van der Waals surface area (Å²) in [7, 11) is 0. The highest BCUT2D eigenvalue weighted by Crippen LogP contribution is 2.16. The summed E-state index contributed by atoms with van der Waals surface area (Å²) in [6.07, 6.45) is 1.17. The first-order valence-corrected chi connectivity index (χ1v) is 7.28. The molecule has 0 aliphatic rings. The van der Waals surface area contributed by atoms with E-state index in [9.17, 15) is 0 Å². The van der Waals surface area contributed by atoms with Gasteiger partial charge in [-0.2, -0.15) is 0 Å². The van der Waals surface area contributed by atoms with Gasteiger partial charge in [0.2, 0.25) is 0 Å². The molecule has 0 amide bonds. The molecular formula is C17H29N. The summed E-state index contributed by atoms with van der Waals surface area (Å²) >= 11 is 0. The van der Waals surface area contributed by atoms with Crippen molar-refractivity contribution in [2.45, 2.75) is 47.0 Å². The highest BCUT2D eigenvalue weighted by molar-refractivity contribution is 5.24. The fraction of sp³-hybridized carbons (Fsp3) is 0.647. The molecule has 1 nitrogen and oxygen atoms in total. The Morgan fingerprint density at radius 1 is 0.889 bits per heavy atom. The van der Waals surface area contributed by atoms with Crippen LogP contribution < -0.4 is 5.32 Å². The number of rotatable bonds is 7. The van der Waals surface area contributed by atoms with Crippen LogP contribution in [0.3, 0.4) is 0 Å². The van der Waals surface area contributed by atoms with Gasteiger partial charge >= 0.3 is 0 Å². The molecule has 0 spiro atoms. The van der Waals surface area contributed by atoms with Crippen molar-refractivity contribution in [2.75, 3.05) is 13.1 Å². The molecule has 18 heavy (non-hydrogen) atoms. The molecular weight excluding hydrogens is 218 g/mol. The first kappa shape index (κ1) is 15.2. The van der Waals surface area contributed by atoms with Crippen LogP contribution >= 0.6 is 0 Å². The zero-order valence-corrected chi connectivity index (χ0v) is 12.7. The Bertz CT molecular complexity index is 324. The van der Waals surface area contributed by atoms with E-state index in [1.165, 1.54) is 17.5 Å². The van der Waals surface area contributed by atoms with Gasteiger partial charge in [0.05, 0.1) is 0 Å². The predicted molar refractivity (Wildman–Crippen MR) is 81.1 cm³/mol. The maximum Gasteiger partial charge on any atom is -0.00199 e. The van der Waals surface area contributed by atoms with E-state index < -0.39 is 0 Å². The third-order valence-corrected chi connectivity index (χ3v) is 3.28. The van der Waals surface area contributed by atoms with Gasteiger partial charge in [0.25, 0.3) is 0 Å². The number of nitrogens with one attached hydrogen (secondary N) is 1. The van der Waals surface area contributed by atoms with E-state index in [-0.39, 0.29) is 0 Å². The van der Waals surface area contributed by atoms with Crippen molar-refractivity contribution in [2.24, 2.45) is 11.8 Å². The Balaban J connectivity index is 2.37. The first-order chi connectivity index (χ1) is 8.49. The van der Waals surface area contributed by atoms with Gasteiger partial charge in [-0.15, -0.1) is 0 Å². The van der Waals surface area contributed by atoms with Crippen LogP contribution in [-0.4, -0.2) is 13.1 Å². The number of hydrogen-bond donors (Lipinski definition) is 1. The molecule has 0 radical (unpaired) electrons. The van der Waals surface area contributed by atoms with Crippen molar-refractivity contribution in [1.29, 1.82) is 0 Å². The number of benzene rings is 1. The lowest BCUT2D eigenvalue weighted by molar-refractivity contribution is 0.473. The summed E-state index contributed by atoms with van der Waals surface area (Å²) in [6.45, 7) is 13.6. The molecule has 0 aliphatic heterocycles. The average Bonchev–Trinajstić information content (AvgIpc) is 2.29. The average molecular weight is 247 g/mol. The van der Waals surface area contributed by atoms with Crippen LogP contribution in [0.25, 0.3) is 0 Å². The molecule has 1 aromatic rings. The summed E-state index contributed by atoms with van der Waals surface area (Å²) < 4.78 is 0. The zero-order valence-electron chi connectivity index (χ0n) is 12.7. The second-order valence-electron chi connectivity index (χ2n) is 6.26. The summed E-state index contributed by atoms with van der Waals surface area (Å²) in [5.41, 5.74) is 2.89. The molecule has 0 saturated heterocycles. The van der Waals surface area contributed by atoms with E-state index in [1.807, 2.05) is 0 Å². The maximum absolute atomic E-state index is 3.53. The van der Waals surface area contributed by atoms with Crippen LogP contribution in [0, 0.1) is 11.8 Å². The lowest BCUT2D eigenvalue weighted by Crippen LogP contribution is -2.26. The summed E-state index contributed by atoms with van der Waals surface area (Å²) in [6, 6.07) is 9.12. The Morgan fingerprint density at radius 2 is 1.50 bits per heavy atom. The van der Waals surface area contributed by atoms with Crippen LogP contribution in [0.4, 0.5) is 0 Å². The molecule has 102 valence electrons. The molecule has 1 N–H and O–H groups in total. The van der Waals surface area contributed by atoms with E-state index in [1.54, 1.807) is 0 Å². The second-order valence-corrected chi connectivity index (χ2v) is 6.26. The zero-order chi connectivity index (χ0) is 13.5. The molecule has 0 heterocycles. The van der Waals surface area contributed by atoms with Crippen LogP contribution in [0.5, 0.6) is 0 Å². The third-order valence-electron chi connectivity index (χ3n) is 3.28. The standard InChI is InChI=1S/C17H29N/c1-13(2)11-18-12-15(5)10-16-6-8-17(9-7-16)14(3)4/h6-9,13-15,18H,10-12H2,1-5H3. The minimum absolute atomic E-state index is 0.629. The lowest BCUT2D eigenvalue weighted by atomic mass is 9.97. The van der Waals surface area contributed by atoms with Crippen molar-refractivity contribution < 1.29 is 0 Å². The van der Waals surface area contributed by atoms with Crippen LogP contribution in [0.15, 0.2) is 24.3 Å². The number of hydrogen-bond acceptors (Lipinski definition) is 1. The van der Waals surface area contributed by atoms with Gasteiger partial charge in [0, 0.05) is 0 Å². The smallest absolute Gasteiger partial charge is 0.00199 e. The summed E-state index contributed by atoms with van der Waals surface area (Å²) in [5.74, 6) is 2.07. The fourth-order valence-corrected chi connectivity index (χ4v) is 2.13. The van der Waals surface area contributed by atoms with E-state index >= 15 is 0 Å². The highest BCUT2D eigenvalue weighted by atomic mass is 14.9. The quantitative estimate of drug-likeness (QED) is 0.760. The second kappa shape index (κ2) is 7.58. The summed E-state index contributed by atoms with van der Waals surface area (Å²) in [5, 5.41) is 3.53. The Labute approximate surface area is 113 Å². The van der Waals surface area contributed by atoms with Gasteiger partial charge < -0.3 is 5.32 Å². The maximum atomic E-state index is 3.53. The Hall–Kier alpha value is -0.820. The molecule has 0 aliphatic carbocycles. The lowest BCUT2D eigenvalue weighted by Gasteiger charge is -2.14. The largest absolute Gasteiger partial charge is 0.316 e. The first-order valence-electron chi connectivity index (χ1n) is 7.28. The Kier molecular flexibility index (Phi) is 6.42. The van der Waals surface area contributed by atoms with Crippen molar-refractivity contribution in [3.63, 3.8) is 0 Å². The van der Waals surface area contributed by atoms with Gasteiger partial charge in [-0.05, 0) is 48.4 Å². The van der Waals surface area contributed by atoms with Crippen molar-refractivity contribution in [3.8, 4) is 0 Å². The van der Waals surface area contributed by atoms with Gasteiger partial charge in [-0.25, -0.2) is 0 Å². The molecule has 0 aromatic heterocycles. The van der Waals surface area contributed by atoms with Gasteiger partial charge in [0.15, 0.2) is 0 Å². The minimum Gasteiger partial charge on any atom is -0.316 e. The normalized spacial score (nSPS) is 13.3. The molecule has 0 saturated carbocycles. The van der Waals surface area contributed by atoms with Crippen molar-refractivity contribution in [1.82, 2.24) is 5.32 Å². The Morgan fingerprint density at radius 3 is 2.00 bits per heavy atom. The summed E-state index contributed by atoms with van der Waals surface area (Å²) in [4.78, 5) is 0. The molecule has 1 heteroatoms. The monoisotopic (exact) mass is 247 g/mol. The van der Waals surface area contributed by atoms with Crippen LogP contribution in [-0.2, 0) is 6.42 Å². The van der Waals surface area contributed by atoms with Crippen LogP contribution in [0.1, 0.15) is 51.7 Å². The van der Waals surface area contributed by atoms with E-state index in [0.717, 1.165) is 19.0 Å². The van der Waals surface area contributed by atoms with Crippen LogP contribution in [0.2, 0.25) is 0 Å². The fourth-order valence-electron chi connectivity index (χ4n) is 2.13. The third kappa shape index (κ3) is 5.68. The minimum atomic E-state index is 0.629. The highest BCUT2D eigenvalue weighted by Gasteiger charge is 2.05. The van der Waals surface area contributed by atoms with Crippen molar-refractivity contribution >= 4 is 0 Å². The van der Waals surface area contributed by atoms with Crippen molar-refractivity contribution in [3.05, 3.63) is 35.4 Å². The van der Waals surface area contributed by atoms with Gasteiger partial charge in [0.1, 0.15) is 0 Å². The molecule has 1 aromatic carbocycles. The SMILES string of the molecule is CC(C)CNCC(C)Cc1ccc(C(C)C)cc1. The molecule has 1 rings (SSSR count). The molecule has 0 bridgehead atoms. The van der Waals surface area contributed by atoms with E-state index in [2.05, 4.69) is 64.2 Å². The van der Waals surface area contributed by atoms with Gasteiger partial charge in [-0.1, -0.05) is 58.9 Å². The molecule has 1 atom stereocenters. The van der Waals surface area contributed by atoms with E-state index in [4.69, 9.17) is 0 Å². The van der Waals surface area contributed by atoms with E-state index in [0.29, 0.717) is 11.8 Å². The molecule has 0 fully saturated rings. The molecule has 1 unspecified atom stereocenters. The topological polar surface area (TPSA) is 12.0 Å². The predicted octanol–water partition coefficient (Wildman–Crippen LogP) is 4.23. The van der Waals surface area contributed by atoms with Gasteiger partial charge in [-0.3, -0.25) is 0 Å².